The lowest BCUT2D eigenvalue weighted by molar-refractivity contribution is 0.149. The van der Waals surface area contributed by atoms with Crippen LogP contribution in [0.25, 0.3) is 0 Å². The third-order valence-electron chi connectivity index (χ3n) is 4.40. The van der Waals surface area contributed by atoms with Gasteiger partial charge in [-0.05, 0) is 54.2 Å². The molecule has 0 saturated heterocycles. The van der Waals surface area contributed by atoms with Crippen molar-refractivity contribution in [3.63, 3.8) is 0 Å². The lowest BCUT2D eigenvalue weighted by Crippen LogP contribution is -2.31. The third-order valence-corrected chi connectivity index (χ3v) is 4.40. The fourth-order valence-corrected chi connectivity index (χ4v) is 3.22. The number of aryl methyl sites for hydroxylation is 1. The molecule has 1 N–H and O–H groups in total. The average molecular weight is 244 g/mol. The fraction of sp³-hybridized carbons (Fsp3) is 0.529. The Morgan fingerprint density at radius 1 is 1.22 bits per heavy atom. The third kappa shape index (κ3) is 2.95. The molecule has 1 aromatic carbocycles. The van der Waals surface area contributed by atoms with Crippen LogP contribution in [0.1, 0.15) is 39.2 Å². The number of allylic oxidation sites excluding steroid dienone is 2. The van der Waals surface area contributed by atoms with Gasteiger partial charge >= 0.3 is 0 Å². The average Bonchev–Trinajstić information content (AvgIpc) is 2.30. The van der Waals surface area contributed by atoms with Crippen molar-refractivity contribution in [3.05, 3.63) is 42.0 Å². The first-order valence-electron chi connectivity index (χ1n) is 6.93. The Hall–Kier alpha value is -1.24. The second kappa shape index (κ2) is 5.17. The van der Waals surface area contributed by atoms with E-state index in [0.717, 1.165) is 12.3 Å². The van der Waals surface area contributed by atoms with Crippen molar-refractivity contribution in [1.82, 2.24) is 0 Å². The Labute approximate surface area is 111 Å². The largest absolute Gasteiger partial charge is 0.508 e. The predicted octanol–water partition coefficient (Wildman–Crippen LogP) is 4.56. The highest BCUT2D eigenvalue weighted by Crippen LogP contribution is 2.42. The minimum absolute atomic E-state index is 0.355. The van der Waals surface area contributed by atoms with Gasteiger partial charge in [0, 0.05) is 0 Å². The van der Waals surface area contributed by atoms with Crippen LogP contribution in [0.4, 0.5) is 0 Å². The highest BCUT2D eigenvalue weighted by Gasteiger charge is 2.33. The summed E-state index contributed by atoms with van der Waals surface area (Å²) in [5, 5.41) is 9.29. The summed E-state index contributed by atoms with van der Waals surface area (Å²) in [5.41, 5.74) is 1.73. The van der Waals surface area contributed by atoms with E-state index in [1.807, 2.05) is 12.1 Å². The molecule has 1 nitrogen and oxygen atoms in total. The van der Waals surface area contributed by atoms with E-state index < -0.39 is 0 Å². The second-order valence-electron chi connectivity index (χ2n) is 6.29. The van der Waals surface area contributed by atoms with Crippen LogP contribution in [0, 0.1) is 17.3 Å². The Morgan fingerprint density at radius 3 is 2.50 bits per heavy atom. The predicted molar refractivity (Wildman–Crippen MR) is 76.6 cm³/mol. The van der Waals surface area contributed by atoms with Crippen molar-refractivity contribution in [2.45, 2.75) is 40.0 Å². The van der Waals surface area contributed by atoms with Gasteiger partial charge in [-0.3, -0.25) is 0 Å². The highest BCUT2D eigenvalue weighted by molar-refractivity contribution is 5.26. The van der Waals surface area contributed by atoms with E-state index in [1.54, 1.807) is 12.1 Å². The number of benzene rings is 1. The SMILES string of the molecule is C[C@@H]1C=CCC(C)(C)[C@@H]1CCc1ccc(O)cc1. The van der Waals surface area contributed by atoms with Crippen LogP contribution < -0.4 is 0 Å². The Morgan fingerprint density at radius 2 is 1.89 bits per heavy atom. The molecule has 1 heteroatoms. The number of phenolic OH excluding ortho intramolecular Hbond substituents is 1. The molecule has 0 fully saturated rings. The molecule has 1 aliphatic carbocycles. The standard InChI is InChI=1S/C17H24O/c1-13-5-4-12-17(2,3)16(13)11-8-14-6-9-15(18)10-7-14/h4-7,9-10,13,16,18H,8,11-12H2,1-3H3/t13-,16-/m1/s1. The van der Waals surface area contributed by atoms with Gasteiger partial charge in [-0.25, -0.2) is 0 Å². The number of hydrogen-bond donors (Lipinski definition) is 1. The zero-order valence-corrected chi connectivity index (χ0v) is 11.7. The monoisotopic (exact) mass is 244 g/mol. The molecule has 18 heavy (non-hydrogen) atoms. The molecular weight excluding hydrogens is 220 g/mol. The van der Waals surface area contributed by atoms with Crippen molar-refractivity contribution in [3.8, 4) is 5.75 Å². The maximum atomic E-state index is 9.29. The van der Waals surface area contributed by atoms with Crippen molar-refractivity contribution < 1.29 is 5.11 Å². The molecule has 0 spiro atoms. The molecule has 0 unspecified atom stereocenters. The first kappa shape index (κ1) is 13.2. The van der Waals surface area contributed by atoms with Gasteiger partial charge in [0.1, 0.15) is 5.75 Å². The van der Waals surface area contributed by atoms with Crippen LogP contribution in [-0.2, 0) is 6.42 Å². The highest BCUT2D eigenvalue weighted by atomic mass is 16.3. The molecule has 0 bridgehead atoms. The van der Waals surface area contributed by atoms with E-state index in [0.29, 0.717) is 17.1 Å². The summed E-state index contributed by atoms with van der Waals surface area (Å²) in [6, 6.07) is 7.63. The first-order valence-corrected chi connectivity index (χ1v) is 6.93. The summed E-state index contributed by atoms with van der Waals surface area (Å²) in [6.45, 7) is 7.10. The molecular formula is C17H24O. The minimum Gasteiger partial charge on any atom is -0.508 e. The lowest BCUT2D eigenvalue weighted by Gasteiger charge is -2.40. The summed E-state index contributed by atoms with van der Waals surface area (Å²) in [7, 11) is 0. The summed E-state index contributed by atoms with van der Waals surface area (Å²) in [6.07, 6.45) is 8.22. The topological polar surface area (TPSA) is 20.2 Å². The summed E-state index contributed by atoms with van der Waals surface area (Å²) < 4.78 is 0. The Balaban J connectivity index is 2.00. The van der Waals surface area contributed by atoms with Crippen LogP contribution in [0.3, 0.4) is 0 Å². The molecule has 0 radical (unpaired) electrons. The normalized spacial score (nSPS) is 26.2. The van der Waals surface area contributed by atoms with Crippen molar-refractivity contribution in [2.24, 2.45) is 17.3 Å². The lowest BCUT2D eigenvalue weighted by atomic mass is 9.65. The van der Waals surface area contributed by atoms with Gasteiger partial charge in [-0.1, -0.05) is 45.1 Å². The van der Waals surface area contributed by atoms with Gasteiger partial charge < -0.3 is 5.11 Å². The van der Waals surface area contributed by atoms with Gasteiger partial charge in [-0.2, -0.15) is 0 Å². The van der Waals surface area contributed by atoms with E-state index in [-0.39, 0.29) is 0 Å². The summed E-state index contributed by atoms with van der Waals surface area (Å²) in [4.78, 5) is 0. The van der Waals surface area contributed by atoms with Crippen molar-refractivity contribution in [1.29, 1.82) is 0 Å². The molecule has 2 rings (SSSR count). The quantitative estimate of drug-likeness (QED) is 0.773. The minimum atomic E-state index is 0.355. The van der Waals surface area contributed by atoms with Crippen molar-refractivity contribution in [2.75, 3.05) is 0 Å². The second-order valence-corrected chi connectivity index (χ2v) is 6.29. The van der Waals surface area contributed by atoms with Crippen LogP contribution in [0.15, 0.2) is 36.4 Å². The zero-order chi connectivity index (χ0) is 13.2. The van der Waals surface area contributed by atoms with Crippen LogP contribution in [0.5, 0.6) is 5.75 Å². The zero-order valence-electron chi connectivity index (χ0n) is 11.7. The maximum absolute atomic E-state index is 9.29. The molecule has 1 aromatic rings. The molecule has 0 aromatic heterocycles. The Kier molecular flexibility index (Phi) is 3.79. The van der Waals surface area contributed by atoms with Crippen molar-refractivity contribution >= 4 is 0 Å². The smallest absolute Gasteiger partial charge is 0.115 e. The number of aromatic hydroxyl groups is 1. The number of rotatable bonds is 3. The van der Waals surface area contributed by atoms with E-state index >= 15 is 0 Å². The molecule has 0 heterocycles. The van der Waals surface area contributed by atoms with Gasteiger partial charge in [0.2, 0.25) is 0 Å². The molecule has 0 amide bonds. The summed E-state index contributed by atoms with van der Waals surface area (Å²) in [5.74, 6) is 1.77. The number of hydrogen-bond acceptors (Lipinski definition) is 1. The Bertz CT molecular complexity index is 414. The molecule has 0 aliphatic heterocycles. The van der Waals surface area contributed by atoms with Crippen LogP contribution in [-0.4, -0.2) is 5.11 Å². The van der Waals surface area contributed by atoms with E-state index in [2.05, 4.69) is 32.9 Å². The molecule has 1 aliphatic rings. The van der Waals surface area contributed by atoms with E-state index in [4.69, 9.17) is 0 Å². The van der Waals surface area contributed by atoms with E-state index in [1.165, 1.54) is 18.4 Å². The molecule has 2 atom stereocenters. The maximum Gasteiger partial charge on any atom is 0.115 e. The fourth-order valence-electron chi connectivity index (χ4n) is 3.22. The van der Waals surface area contributed by atoms with E-state index in [9.17, 15) is 5.11 Å². The van der Waals surface area contributed by atoms with Gasteiger partial charge in [0.25, 0.3) is 0 Å². The van der Waals surface area contributed by atoms with Gasteiger partial charge in [-0.15, -0.1) is 0 Å². The molecule has 0 saturated carbocycles. The molecule has 98 valence electrons. The van der Waals surface area contributed by atoms with Crippen LogP contribution >= 0.6 is 0 Å². The summed E-state index contributed by atoms with van der Waals surface area (Å²) >= 11 is 0. The first-order chi connectivity index (χ1) is 8.49. The number of phenols is 1. The van der Waals surface area contributed by atoms with Crippen LogP contribution in [0.2, 0.25) is 0 Å². The van der Waals surface area contributed by atoms with Gasteiger partial charge in [0.05, 0.1) is 0 Å². The van der Waals surface area contributed by atoms with Gasteiger partial charge in [0.15, 0.2) is 0 Å².